The first kappa shape index (κ1) is 24.5. The van der Waals surface area contributed by atoms with Gasteiger partial charge in [0, 0.05) is 24.7 Å². The lowest BCUT2D eigenvalue weighted by Crippen LogP contribution is -2.33. The first-order valence-electron chi connectivity index (χ1n) is 11.4. The van der Waals surface area contributed by atoms with E-state index in [9.17, 15) is 13.6 Å². The molecule has 1 amide bonds. The van der Waals surface area contributed by atoms with Crippen molar-refractivity contribution in [1.82, 2.24) is 20.0 Å². The molecule has 5 rings (SSSR count). The van der Waals surface area contributed by atoms with Crippen molar-refractivity contribution in [3.8, 4) is 22.8 Å². The van der Waals surface area contributed by atoms with Crippen LogP contribution in [-0.2, 0) is 13.0 Å². The SMILES string of the molecule is COc1c(Cl)cccc1Nn1c(-c2ccncc2OCc2cccc(C(F)F)n2)cc2c1CCNC2=O. The summed E-state index contributed by atoms with van der Waals surface area (Å²) in [6, 6.07) is 13.2. The van der Waals surface area contributed by atoms with Crippen LogP contribution < -0.4 is 20.2 Å². The zero-order chi connectivity index (χ0) is 25.9. The van der Waals surface area contributed by atoms with E-state index in [2.05, 4.69) is 20.7 Å². The maximum absolute atomic E-state index is 13.1. The number of aromatic nitrogens is 3. The molecule has 1 aromatic carbocycles. The second-order valence-corrected chi connectivity index (χ2v) is 8.59. The topological polar surface area (TPSA) is 90.3 Å². The highest BCUT2D eigenvalue weighted by molar-refractivity contribution is 6.32. The minimum absolute atomic E-state index is 0.0459. The highest BCUT2D eigenvalue weighted by atomic mass is 35.5. The van der Waals surface area contributed by atoms with Crippen LogP contribution in [0.5, 0.6) is 11.5 Å². The van der Waals surface area contributed by atoms with E-state index in [4.69, 9.17) is 21.1 Å². The van der Waals surface area contributed by atoms with Crippen LogP contribution in [0.25, 0.3) is 11.3 Å². The third-order valence-corrected chi connectivity index (χ3v) is 6.18. The molecule has 3 aromatic heterocycles. The summed E-state index contributed by atoms with van der Waals surface area (Å²) in [6.07, 6.45) is 1.05. The van der Waals surface area contributed by atoms with E-state index < -0.39 is 6.43 Å². The second-order valence-electron chi connectivity index (χ2n) is 8.18. The minimum Gasteiger partial charge on any atom is -0.493 e. The third kappa shape index (κ3) is 4.92. The quantitative estimate of drug-likeness (QED) is 0.325. The van der Waals surface area contributed by atoms with Gasteiger partial charge >= 0.3 is 0 Å². The Morgan fingerprint density at radius 3 is 2.84 bits per heavy atom. The second kappa shape index (κ2) is 10.4. The standard InChI is InChI=1S/C26H22ClF2N5O3/c1-36-24-18(27)5-3-6-19(24)33-34-21-9-11-31-26(35)17(21)12-22(34)16-8-10-30-13-23(16)37-14-15-4-2-7-20(32-15)25(28)29/h2-8,10,12-13,25,33H,9,11,14H2,1H3,(H,31,35). The van der Waals surface area contributed by atoms with Crippen LogP contribution in [0, 0.1) is 0 Å². The lowest BCUT2D eigenvalue weighted by molar-refractivity contribution is 0.0945. The molecule has 0 bridgehead atoms. The molecule has 0 spiro atoms. The number of hydrogen-bond acceptors (Lipinski definition) is 6. The van der Waals surface area contributed by atoms with Gasteiger partial charge in [0.05, 0.1) is 46.7 Å². The molecule has 0 aliphatic carbocycles. The molecule has 8 nitrogen and oxygen atoms in total. The molecule has 2 N–H and O–H groups in total. The number of nitrogens with zero attached hydrogens (tertiary/aromatic N) is 3. The molecule has 1 aliphatic heterocycles. The Morgan fingerprint density at radius 1 is 1.19 bits per heavy atom. The Bertz CT molecular complexity index is 1460. The number of halogens is 3. The molecule has 11 heteroatoms. The van der Waals surface area contributed by atoms with E-state index in [0.29, 0.717) is 57.7 Å². The molecule has 4 heterocycles. The average Bonchev–Trinajstić information content (AvgIpc) is 3.27. The molecule has 37 heavy (non-hydrogen) atoms. The van der Waals surface area contributed by atoms with E-state index >= 15 is 0 Å². The van der Waals surface area contributed by atoms with Gasteiger partial charge in [-0.3, -0.25) is 19.9 Å². The zero-order valence-corrected chi connectivity index (χ0v) is 20.4. The highest BCUT2D eigenvalue weighted by Crippen LogP contribution is 2.37. The molecule has 0 saturated heterocycles. The van der Waals surface area contributed by atoms with Gasteiger partial charge in [-0.05, 0) is 36.4 Å². The summed E-state index contributed by atoms with van der Waals surface area (Å²) in [5.74, 6) is 0.655. The van der Waals surface area contributed by atoms with Crippen LogP contribution in [-0.4, -0.2) is 34.2 Å². The number of hydrogen-bond donors (Lipinski definition) is 2. The Morgan fingerprint density at radius 2 is 2.03 bits per heavy atom. The minimum atomic E-state index is -2.68. The van der Waals surface area contributed by atoms with Crippen LogP contribution in [0.1, 0.15) is 33.9 Å². The van der Waals surface area contributed by atoms with Crippen molar-refractivity contribution in [1.29, 1.82) is 0 Å². The summed E-state index contributed by atoms with van der Waals surface area (Å²) >= 11 is 6.33. The Hall–Kier alpha value is -4.18. The third-order valence-electron chi connectivity index (χ3n) is 5.89. The van der Waals surface area contributed by atoms with Crippen molar-refractivity contribution < 1.29 is 23.0 Å². The largest absolute Gasteiger partial charge is 0.493 e. The summed E-state index contributed by atoms with van der Waals surface area (Å²) in [5.41, 5.74) is 6.53. The van der Waals surface area contributed by atoms with Crippen molar-refractivity contribution in [3.63, 3.8) is 0 Å². The van der Waals surface area contributed by atoms with E-state index in [0.717, 1.165) is 5.69 Å². The average molecular weight is 526 g/mol. The number of nitrogens with one attached hydrogen (secondary N) is 2. The van der Waals surface area contributed by atoms with Gasteiger partial charge in [0.2, 0.25) is 0 Å². The number of anilines is 1. The molecule has 1 aliphatic rings. The molecule has 0 radical (unpaired) electrons. The van der Waals surface area contributed by atoms with Gasteiger partial charge < -0.3 is 14.8 Å². The van der Waals surface area contributed by atoms with E-state index in [1.54, 1.807) is 41.2 Å². The Labute approximate surface area is 216 Å². The molecule has 0 fully saturated rings. The van der Waals surface area contributed by atoms with Crippen molar-refractivity contribution in [2.45, 2.75) is 19.5 Å². The van der Waals surface area contributed by atoms with Crippen molar-refractivity contribution in [2.24, 2.45) is 0 Å². The fourth-order valence-electron chi connectivity index (χ4n) is 4.19. The molecule has 0 atom stereocenters. The van der Waals surface area contributed by atoms with Gasteiger partial charge in [-0.1, -0.05) is 23.7 Å². The van der Waals surface area contributed by atoms with Crippen LogP contribution in [0.3, 0.4) is 0 Å². The fourth-order valence-corrected chi connectivity index (χ4v) is 4.44. The van der Waals surface area contributed by atoms with Gasteiger partial charge in [-0.2, -0.15) is 0 Å². The first-order valence-corrected chi connectivity index (χ1v) is 11.8. The number of ether oxygens (including phenoxy) is 2. The smallest absolute Gasteiger partial charge is 0.280 e. The summed E-state index contributed by atoms with van der Waals surface area (Å²) < 4.78 is 39.4. The number of carbonyl (C=O) groups is 1. The first-order chi connectivity index (χ1) is 18.0. The number of fused-ring (bicyclic) bond motifs is 1. The van der Waals surface area contributed by atoms with Crippen LogP contribution >= 0.6 is 11.6 Å². The highest BCUT2D eigenvalue weighted by Gasteiger charge is 2.26. The number of alkyl halides is 2. The monoisotopic (exact) mass is 525 g/mol. The number of methoxy groups -OCH3 is 1. The maximum atomic E-state index is 13.1. The number of carbonyl (C=O) groups excluding carboxylic acids is 1. The Balaban J connectivity index is 1.55. The van der Waals surface area contributed by atoms with E-state index in [1.807, 2.05) is 6.07 Å². The fraction of sp³-hybridized carbons (Fsp3) is 0.192. The maximum Gasteiger partial charge on any atom is 0.280 e. The number of rotatable bonds is 8. The van der Waals surface area contributed by atoms with Crippen molar-refractivity contribution in [2.75, 3.05) is 19.1 Å². The number of amides is 1. The summed E-state index contributed by atoms with van der Waals surface area (Å²) in [5, 5.41) is 3.29. The van der Waals surface area contributed by atoms with E-state index in [1.165, 1.54) is 25.4 Å². The number of benzene rings is 1. The van der Waals surface area contributed by atoms with Crippen LogP contribution in [0.2, 0.25) is 5.02 Å². The summed E-state index contributed by atoms with van der Waals surface area (Å²) in [7, 11) is 1.53. The van der Waals surface area contributed by atoms with Gasteiger partial charge in [-0.25, -0.2) is 13.8 Å². The van der Waals surface area contributed by atoms with Crippen LogP contribution in [0.15, 0.2) is 60.9 Å². The molecule has 0 saturated carbocycles. The normalized spacial score (nSPS) is 12.7. The van der Waals surface area contributed by atoms with Crippen LogP contribution in [0.4, 0.5) is 14.5 Å². The van der Waals surface area contributed by atoms with E-state index in [-0.39, 0.29) is 18.2 Å². The molecular formula is C26H22ClF2N5O3. The molecule has 4 aromatic rings. The molecule has 0 unspecified atom stereocenters. The lowest BCUT2D eigenvalue weighted by atomic mass is 10.1. The Kier molecular flexibility index (Phi) is 6.91. The van der Waals surface area contributed by atoms with Gasteiger partial charge in [0.1, 0.15) is 18.1 Å². The predicted octanol–water partition coefficient (Wildman–Crippen LogP) is 5.28. The summed E-state index contributed by atoms with van der Waals surface area (Å²) in [4.78, 5) is 20.8. The summed E-state index contributed by atoms with van der Waals surface area (Å²) in [6.45, 7) is 0.436. The van der Waals surface area contributed by atoms with Crippen molar-refractivity contribution in [3.05, 3.63) is 88.6 Å². The lowest BCUT2D eigenvalue weighted by Gasteiger charge is -2.21. The van der Waals surface area contributed by atoms with Gasteiger partial charge in [0.25, 0.3) is 12.3 Å². The molecular weight excluding hydrogens is 504 g/mol. The zero-order valence-electron chi connectivity index (χ0n) is 19.7. The van der Waals surface area contributed by atoms with Gasteiger partial charge in [0.15, 0.2) is 5.75 Å². The predicted molar refractivity (Wildman–Crippen MR) is 134 cm³/mol. The van der Waals surface area contributed by atoms with Crippen molar-refractivity contribution >= 4 is 23.2 Å². The van der Waals surface area contributed by atoms with Gasteiger partial charge in [-0.15, -0.1) is 0 Å². The number of pyridine rings is 2. The molecule has 190 valence electrons. The number of para-hydroxylation sites is 1.